The minimum absolute atomic E-state index is 0.0118. The summed E-state index contributed by atoms with van der Waals surface area (Å²) in [4.78, 5) is 5.06. The molecule has 2 rings (SSSR count). The Hall–Kier alpha value is -0.160. The zero-order valence-electron chi connectivity index (χ0n) is 12.8. The number of hydrogen-bond acceptors (Lipinski definition) is 4. The molecule has 112 valence electrons. The molecule has 2 fully saturated rings. The summed E-state index contributed by atoms with van der Waals surface area (Å²) in [5.74, 6) is 0. The van der Waals surface area contributed by atoms with E-state index in [9.17, 15) is 5.11 Å². The van der Waals surface area contributed by atoms with Gasteiger partial charge in [-0.2, -0.15) is 0 Å². The van der Waals surface area contributed by atoms with Gasteiger partial charge in [-0.05, 0) is 33.6 Å². The Morgan fingerprint density at radius 1 is 1.16 bits per heavy atom. The van der Waals surface area contributed by atoms with Crippen molar-refractivity contribution in [1.82, 2.24) is 9.80 Å². The molecular weight excluding hydrogens is 240 g/mol. The predicted molar refractivity (Wildman–Crippen MR) is 77.3 cm³/mol. The molecule has 2 aliphatic rings. The van der Waals surface area contributed by atoms with Crippen LogP contribution in [-0.2, 0) is 4.74 Å². The lowest BCUT2D eigenvalue weighted by molar-refractivity contribution is -0.0635. The maximum absolute atomic E-state index is 9.74. The smallest absolute Gasteiger partial charge is 0.0556 e. The van der Waals surface area contributed by atoms with Crippen LogP contribution in [0.2, 0.25) is 0 Å². The van der Waals surface area contributed by atoms with Crippen LogP contribution in [0.4, 0.5) is 0 Å². The second-order valence-corrected chi connectivity index (χ2v) is 7.25. The molecule has 0 spiro atoms. The molecule has 0 aromatic heterocycles. The van der Waals surface area contributed by atoms with E-state index in [2.05, 4.69) is 30.6 Å². The van der Waals surface area contributed by atoms with Crippen molar-refractivity contribution in [2.45, 2.75) is 39.2 Å². The van der Waals surface area contributed by atoms with Crippen LogP contribution in [0.1, 0.15) is 33.6 Å². The fourth-order valence-electron chi connectivity index (χ4n) is 3.26. The van der Waals surface area contributed by atoms with Crippen molar-refractivity contribution in [1.29, 1.82) is 0 Å². The van der Waals surface area contributed by atoms with Crippen LogP contribution >= 0.6 is 0 Å². The van der Waals surface area contributed by atoms with Gasteiger partial charge in [-0.15, -0.1) is 0 Å². The van der Waals surface area contributed by atoms with Crippen LogP contribution in [-0.4, -0.2) is 73.0 Å². The van der Waals surface area contributed by atoms with Crippen LogP contribution < -0.4 is 0 Å². The quantitative estimate of drug-likeness (QED) is 0.836. The number of aliphatic hydroxyl groups is 1. The van der Waals surface area contributed by atoms with Crippen LogP contribution in [0.3, 0.4) is 0 Å². The summed E-state index contributed by atoms with van der Waals surface area (Å²) in [6.07, 6.45) is 2.19. The average Bonchev–Trinajstić information content (AvgIpc) is 2.39. The topological polar surface area (TPSA) is 35.9 Å². The lowest BCUT2D eigenvalue weighted by atomic mass is 9.82. The molecule has 0 radical (unpaired) electrons. The molecule has 19 heavy (non-hydrogen) atoms. The predicted octanol–water partition coefficient (Wildman–Crippen LogP) is 1.19. The fraction of sp³-hybridized carbons (Fsp3) is 1.00. The zero-order valence-corrected chi connectivity index (χ0v) is 12.8. The Labute approximate surface area is 117 Å². The first-order valence-corrected chi connectivity index (χ1v) is 7.61. The molecule has 1 unspecified atom stereocenters. The van der Waals surface area contributed by atoms with E-state index in [1.165, 1.54) is 0 Å². The van der Waals surface area contributed by atoms with Crippen LogP contribution in [0.25, 0.3) is 0 Å². The first-order chi connectivity index (χ1) is 8.95. The Morgan fingerprint density at radius 2 is 1.84 bits per heavy atom. The molecule has 0 aliphatic carbocycles. The number of nitrogens with zero attached hydrogens (tertiary/aromatic N) is 2. The Morgan fingerprint density at radius 3 is 2.32 bits per heavy atom. The first-order valence-electron chi connectivity index (χ1n) is 7.61. The molecular formula is C15H30N2O2. The van der Waals surface area contributed by atoms with Crippen LogP contribution in [0.15, 0.2) is 0 Å². The summed E-state index contributed by atoms with van der Waals surface area (Å²) in [5, 5.41) is 9.74. The maximum atomic E-state index is 9.74. The molecule has 4 heteroatoms. The number of ether oxygens (including phenoxy) is 1. The highest BCUT2D eigenvalue weighted by atomic mass is 16.5. The van der Waals surface area contributed by atoms with Crippen molar-refractivity contribution in [3.8, 4) is 0 Å². The van der Waals surface area contributed by atoms with Gasteiger partial charge in [-0.1, -0.05) is 0 Å². The largest absolute Gasteiger partial charge is 0.396 e. The van der Waals surface area contributed by atoms with Gasteiger partial charge in [0.15, 0.2) is 0 Å². The van der Waals surface area contributed by atoms with Crippen LogP contribution in [0, 0.1) is 5.41 Å². The highest BCUT2D eigenvalue weighted by Crippen LogP contribution is 2.30. The summed E-state index contributed by atoms with van der Waals surface area (Å²) in [6, 6.07) is 0. The maximum Gasteiger partial charge on any atom is 0.0556 e. The number of aliphatic hydroxyl groups excluding tert-OH is 1. The third-order valence-electron chi connectivity index (χ3n) is 4.62. The SMILES string of the molecule is CC(C)(C)N1CCN(CC2(CO)CCCOC2)CC1. The van der Waals surface area contributed by atoms with Gasteiger partial charge >= 0.3 is 0 Å². The second-order valence-electron chi connectivity index (χ2n) is 7.25. The van der Waals surface area contributed by atoms with E-state index in [0.717, 1.165) is 58.8 Å². The normalized spacial score (nSPS) is 31.6. The number of piperazine rings is 1. The highest BCUT2D eigenvalue weighted by Gasteiger charge is 2.36. The van der Waals surface area contributed by atoms with E-state index in [0.29, 0.717) is 0 Å². The number of hydrogen-bond donors (Lipinski definition) is 1. The van der Waals surface area contributed by atoms with E-state index in [4.69, 9.17) is 4.74 Å². The minimum Gasteiger partial charge on any atom is -0.396 e. The Kier molecular flexibility index (Phi) is 4.88. The Bertz CT molecular complexity index is 274. The van der Waals surface area contributed by atoms with Gasteiger partial charge in [-0.25, -0.2) is 0 Å². The van der Waals surface area contributed by atoms with Gasteiger partial charge < -0.3 is 14.7 Å². The lowest BCUT2D eigenvalue weighted by Gasteiger charge is -2.45. The van der Waals surface area contributed by atoms with Crippen molar-refractivity contribution in [3.05, 3.63) is 0 Å². The highest BCUT2D eigenvalue weighted by molar-refractivity contribution is 4.88. The molecule has 0 amide bonds. The van der Waals surface area contributed by atoms with E-state index in [-0.39, 0.29) is 17.6 Å². The van der Waals surface area contributed by atoms with Crippen molar-refractivity contribution >= 4 is 0 Å². The van der Waals surface area contributed by atoms with Gasteiger partial charge in [0.1, 0.15) is 0 Å². The van der Waals surface area contributed by atoms with Gasteiger partial charge in [-0.3, -0.25) is 4.90 Å². The van der Waals surface area contributed by atoms with Crippen LogP contribution in [0.5, 0.6) is 0 Å². The first kappa shape index (κ1) is 15.2. The van der Waals surface area contributed by atoms with E-state index in [1.807, 2.05) is 0 Å². The molecule has 4 nitrogen and oxygen atoms in total. The standard InChI is InChI=1S/C15H30N2O2/c1-14(2,3)17-8-6-16(7-9-17)11-15(12-18)5-4-10-19-13-15/h18H,4-13H2,1-3H3. The summed E-state index contributed by atoms with van der Waals surface area (Å²) in [5.41, 5.74) is 0.261. The zero-order chi connectivity index (χ0) is 13.9. The summed E-state index contributed by atoms with van der Waals surface area (Å²) in [7, 11) is 0. The van der Waals surface area contributed by atoms with Gasteiger partial charge in [0.05, 0.1) is 13.2 Å². The fourth-order valence-corrected chi connectivity index (χ4v) is 3.26. The van der Waals surface area contributed by atoms with Crippen molar-refractivity contribution in [2.24, 2.45) is 5.41 Å². The van der Waals surface area contributed by atoms with E-state index in [1.54, 1.807) is 0 Å². The van der Waals surface area contributed by atoms with E-state index < -0.39 is 0 Å². The minimum atomic E-state index is -0.0118. The molecule has 0 saturated carbocycles. The van der Waals surface area contributed by atoms with Gasteiger partial charge in [0, 0.05) is 50.3 Å². The van der Waals surface area contributed by atoms with Crippen molar-refractivity contribution in [2.75, 3.05) is 52.5 Å². The summed E-state index contributed by atoms with van der Waals surface area (Å²) >= 11 is 0. The van der Waals surface area contributed by atoms with Gasteiger partial charge in [0.25, 0.3) is 0 Å². The third kappa shape index (κ3) is 3.91. The third-order valence-corrected chi connectivity index (χ3v) is 4.62. The summed E-state index contributed by atoms with van der Waals surface area (Å²) < 4.78 is 5.60. The van der Waals surface area contributed by atoms with E-state index >= 15 is 0 Å². The molecule has 1 N–H and O–H groups in total. The van der Waals surface area contributed by atoms with Crippen molar-refractivity contribution in [3.63, 3.8) is 0 Å². The average molecular weight is 270 g/mol. The Balaban J connectivity index is 1.84. The molecule has 0 bridgehead atoms. The lowest BCUT2D eigenvalue weighted by Crippen LogP contribution is -2.56. The molecule has 2 heterocycles. The van der Waals surface area contributed by atoms with Crippen molar-refractivity contribution < 1.29 is 9.84 Å². The van der Waals surface area contributed by atoms with Gasteiger partial charge in [0.2, 0.25) is 0 Å². The number of rotatable bonds is 3. The molecule has 0 aromatic rings. The monoisotopic (exact) mass is 270 g/mol. The molecule has 2 saturated heterocycles. The second kappa shape index (κ2) is 6.08. The molecule has 0 aromatic carbocycles. The molecule has 1 atom stereocenters. The summed E-state index contributed by atoms with van der Waals surface area (Å²) in [6.45, 7) is 14.2. The molecule has 2 aliphatic heterocycles.